The van der Waals surface area contributed by atoms with E-state index in [2.05, 4.69) is 20.5 Å². The van der Waals surface area contributed by atoms with Crippen LogP contribution in [0.25, 0.3) is 15.3 Å². The molecule has 40 heavy (non-hydrogen) atoms. The fourth-order valence-corrected chi connectivity index (χ4v) is 7.44. The molecule has 1 saturated heterocycles. The van der Waals surface area contributed by atoms with Crippen molar-refractivity contribution in [2.75, 3.05) is 6.54 Å². The molecule has 3 atom stereocenters. The quantitative estimate of drug-likeness (QED) is 0.369. The Morgan fingerprint density at radius 1 is 1.27 bits per heavy atom. The van der Waals surface area contributed by atoms with Crippen LogP contribution in [-0.4, -0.2) is 73.0 Å². The van der Waals surface area contributed by atoms with Gasteiger partial charge in [-0.2, -0.15) is 11.8 Å². The minimum absolute atomic E-state index is 0.00255. The Balaban J connectivity index is 1.47. The summed E-state index contributed by atoms with van der Waals surface area (Å²) in [5.41, 5.74) is 3.65. The zero-order valence-corrected chi connectivity index (χ0v) is 25.2. The van der Waals surface area contributed by atoms with Gasteiger partial charge in [0.2, 0.25) is 11.8 Å². The van der Waals surface area contributed by atoms with Gasteiger partial charge in [-0.15, -0.1) is 11.3 Å². The van der Waals surface area contributed by atoms with Gasteiger partial charge in [0, 0.05) is 37.1 Å². The van der Waals surface area contributed by atoms with E-state index in [9.17, 15) is 19.5 Å². The lowest BCUT2D eigenvalue weighted by molar-refractivity contribution is -0.142. The fourth-order valence-electron chi connectivity index (χ4n) is 5.11. The van der Waals surface area contributed by atoms with E-state index in [-0.39, 0.29) is 30.7 Å². The summed E-state index contributed by atoms with van der Waals surface area (Å²) in [4.78, 5) is 50.6. The molecule has 2 fully saturated rings. The van der Waals surface area contributed by atoms with Crippen molar-refractivity contribution in [3.63, 3.8) is 0 Å². The summed E-state index contributed by atoms with van der Waals surface area (Å²) in [6, 6.07) is 6.06. The lowest BCUT2D eigenvalue weighted by atomic mass is 10.00. The van der Waals surface area contributed by atoms with Gasteiger partial charge in [-0.1, -0.05) is 38.1 Å². The molecule has 2 heterocycles. The molecule has 1 aromatic heterocycles. The van der Waals surface area contributed by atoms with Gasteiger partial charge in [0.25, 0.3) is 0 Å². The second-order valence-corrected chi connectivity index (χ2v) is 14.5. The monoisotopic (exact) mass is 583 g/mol. The number of aromatic nitrogens is 1. The summed E-state index contributed by atoms with van der Waals surface area (Å²) in [7, 11) is 0. The van der Waals surface area contributed by atoms with Crippen LogP contribution in [-0.2, 0) is 20.9 Å². The maximum atomic E-state index is 14.0. The number of hydrogen-bond acceptors (Lipinski definition) is 7. The number of amides is 3. The summed E-state index contributed by atoms with van der Waals surface area (Å²) in [5.74, 6) is -1.23. The van der Waals surface area contributed by atoms with Crippen molar-refractivity contribution in [1.29, 1.82) is 0 Å². The Morgan fingerprint density at radius 2 is 1.95 bits per heavy atom. The van der Waals surface area contributed by atoms with Crippen molar-refractivity contribution in [3.05, 3.63) is 52.5 Å². The van der Waals surface area contributed by atoms with Crippen LogP contribution < -0.4 is 10.6 Å². The summed E-state index contributed by atoms with van der Waals surface area (Å²) in [6.07, 6.45) is 0.209. The number of aliphatic hydroxyl groups excluding tert-OH is 1. The minimum Gasteiger partial charge on any atom is -0.391 e. The molecule has 1 aliphatic heterocycles. The number of thioether (sulfide) groups is 1. The number of hydrogen-bond donors (Lipinski definition) is 3. The molecule has 0 spiro atoms. The summed E-state index contributed by atoms with van der Waals surface area (Å²) >= 11 is 3.12. The molecule has 3 amide bonds. The van der Waals surface area contributed by atoms with Gasteiger partial charge in [-0.25, -0.2) is 11.6 Å². The molecule has 0 bridgehead atoms. The lowest BCUT2D eigenvalue weighted by Crippen LogP contribution is -2.61. The molecule has 214 valence electrons. The van der Waals surface area contributed by atoms with E-state index in [1.165, 1.54) is 4.90 Å². The standard InChI is InChI=1S/C29H37N5O4S2/c1-17(2)40-28(4,5)24(33-27(38)29(30-6)11-12-29)26(37)34-15-21(35)13-22(34)25(36)31-14-19-7-9-20(10-8-19)23-18(3)32-16-39-23/h7-10,16-17,21-22,24,35H,11-15H2,1-5H3,(H,31,36)(H,33,38)/t21-,22?,24-/m1/s1. The molecule has 2 aromatic rings. The second kappa shape index (κ2) is 11.9. The number of rotatable bonds is 10. The number of aryl methyl sites for hydroxylation is 1. The third-order valence-electron chi connectivity index (χ3n) is 7.41. The van der Waals surface area contributed by atoms with Gasteiger partial charge in [0.05, 0.1) is 22.2 Å². The number of aliphatic hydroxyl groups is 1. The number of carbonyl (C=O) groups excluding carboxylic acids is 3. The van der Waals surface area contributed by atoms with Gasteiger partial charge in [0.15, 0.2) is 0 Å². The van der Waals surface area contributed by atoms with Crippen LogP contribution in [0.2, 0.25) is 0 Å². The Labute approximate surface area is 243 Å². The number of carbonyl (C=O) groups is 3. The first kappa shape index (κ1) is 30.0. The van der Waals surface area contributed by atoms with Crippen LogP contribution in [0.1, 0.15) is 58.2 Å². The zero-order valence-electron chi connectivity index (χ0n) is 23.6. The van der Waals surface area contributed by atoms with Crippen molar-refractivity contribution in [2.24, 2.45) is 0 Å². The zero-order chi connectivity index (χ0) is 29.2. The normalized spacial score (nSPS) is 20.6. The van der Waals surface area contributed by atoms with E-state index in [1.807, 2.05) is 64.4 Å². The van der Waals surface area contributed by atoms with E-state index in [0.717, 1.165) is 21.7 Å². The molecule has 1 aromatic carbocycles. The summed E-state index contributed by atoms with van der Waals surface area (Å²) in [5, 5.41) is 16.4. The number of benzene rings is 1. The molecule has 11 heteroatoms. The third kappa shape index (κ3) is 6.51. The van der Waals surface area contributed by atoms with Crippen molar-refractivity contribution < 1.29 is 19.5 Å². The maximum absolute atomic E-state index is 14.0. The van der Waals surface area contributed by atoms with Crippen molar-refractivity contribution in [1.82, 2.24) is 20.5 Å². The van der Waals surface area contributed by atoms with E-state index >= 15 is 0 Å². The number of β-amino-alcohol motifs (C(OH)–C–C–N with tert-alkyl or cyclic N) is 1. The maximum Gasteiger partial charge on any atom is 0.309 e. The highest BCUT2D eigenvalue weighted by Crippen LogP contribution is 2.41. The van der Waals surface area contributed by atoms with Crippen LogP contribution in [0.15, 0.2) is 29.8 Å². The molecule has 0 radical (unpaired) electrons. The third-order valence-corrected chi connectivity index (χ3v) is 9.70. The number of thiazole rings is 1. The van der Waals surface area contributed by atoms with E-state index < -0.39 is 40.3 Å². The first-order valence-electron chi connectivity index (χ1n) is 13.5. The van der Waals surface area contributed by atoms with Gasteiger partial charge in [0.1, 0.15) is 12.1 Å². The van der Waals surface area contributed by atoms with Crippen LogP contribution in [0, 0.1) is 13.5 Å². The van der Waals surface area contributed by atoms with Crippen LogP contribution in [0.3, 0.4) is 0 Å². The molecule has 9 nitrogen and oxygen atoms in total. The smallest absolute Gasteiger partial charge is 0.309 e. The summed E-state index contributed by atoms with van der Waals surface area (Å²) < 4.78 is -0.716. The number of nitrogens with one attached hydrogen (secondary N) is 2. The molecule has 1 aliphatic carbocycles. The van der Waals surface area contributed by atoms with Crippen LogP contribution in [0.5, 0.6) is 0 Å². The minimum atomic E-state index is -1.10. The van der Waals surface area contributed by atoms with E-state index in [0.29, 0.717) is 12.8 Å². The molecule has 3 N–H and O–H groups in total. The lowest BCUT2D eigenvalue weighted by Gasteiger charge is -2.38. The first-order valence-corrected chi connectivity index (χ1v) is 15.3. The Hall–Kier alpha value is -2.94. The predicted octanol–water partition coefficient (Wildman–Crippen LogP) is 3.55. The molecule has 1 unspecified atom stereocenters. The SMILES string of the molecule is [C-]#[N+]C1(C(=O)N[C@H](C(=O)N2C[C@H](O)CC2C(=O)NCc2ccc(-c3scnc3C)cc2)C(C)(C)SC(C)C)CC1. The average molecular weight is 584 g/mol. The highest BCUT2D eigenvalue weighted by Gasteiger charge is 2.60. The molecule has 1 saturated carbocycles. The number of likely N-dealkylation sites (tertiary alicyclic amines) is 1. The fraction of sp³-hybridized carbons (Fsp3) is 0.552. The Kier molecular flexibility index (Phi) is 8.93. The van der Waals surface area contributed by atoms with Crippen LogP contribution in [0.4, 0.5) is 0 Å². The van der Waals surface area contributed by atoms with E-state index in [1.54, 1.807) is 23.1 Å². The van der Waals surface area contributed by atoms with Gasteiger partial charge in [-0.3, -0.25) is 19.2 Å². The first-order chi connectivity index (χ1) is 18.9. The van der Waals surface area contributed by atoms with Gasteiger partial charge >= 0.3 is 11.4 Å². The summed E-state index contributed by atoms with van der Waals surface area (Å²) in [6.45, 7) is 17.5. The van der Waals surface area contributed by atoms with E-state index in [4.69, 9.17) is 6.57 Å². The Morgan fingerprint density at radius 3 is 2.50 bits per heavy atom. The number of nitrogens with zero attached hydrogens (tertiary/aromatic N) is 3. The Bertz CT molecular complexity index is 1300. The molecular weight excluding hydrogens is 546 g/mol. The second-order valence-electron chi connectivity index (χ2n) is 11.4. The van der Waals surface area contributed by atoms with Gasteiger partial charge < -0.3 is 20.6 Å². The predicted molar refractivity (Wildman–Crippen MR) is 158 cm³/mol. The van der Waals surface area contributed by atoms with Gasteiger partial charge in [-0.05, 0) is 37.1 Å². The van der Waals surface area contributed by atoms with Crippen molar-refractivity contribution >= 4 is 40.8 Å². The van der Waals surface area contributed by atoms with Crippen LogP contribution >= 0.6 is 23.1 Å². The molecule has 2 aliphatic rings. The molecular formula is C29H37N5O4S2. The highest BCUT2D eigenvalue weighted by atomic mass is 32.2. The topological polar surface area (TPSA) is 116 Å². The van der Waals surface area contributed by atoms with Crippen molar-refractivity contribution in [2.45, 2.75) is 94.1 Å². The largest absolute Gasteiger partial charge is 0.391 e. The highest BCUT2D eigenvalue weighted by molar-refractivity contribution is 8.01. The van der Waals surface area contributed by atoms with Crippen molar-refractivity contribution in [3.8, 4) is 10.4 Å². The average Bonchev–Trinajstić information content (AvgIpc) is 3.44. The molecule has 4 rings (SSSR count).